The number of hydrogen-bond acceptors (Lipinski definition) is 3. The Labute approximate surface area is 85.4 Å². The topological polar surface area (TPSA) is 50.4 Å². The number of carbonyl (C=O) groups is 1. The second-order valence-corrected chi connectivity index (χ2v) is 4.09. The van der Waals surface area contributed by atoms with Crippen LogP contribution in [0.5, 0.6) is 0 Å². The summed E-state index contributed by atoms with van der Waals surface area (Å²) in [5.41, 5.74) is -0.0767. The summed E-state index contributed by atoms with van der Waals surface area (Å²) in [6.45, 7) is 6.76. The van der Waals surface area contributed by atoms with Crippen LogP contribution < -0.4 is 10.6 Å². The Balaban J connectivity index is 2.19. The lowest BCUT2D eigenvalue weighted by Gasteiger charge is -2.24. The van der Waals surface area contributed by atoms with Crippen molar-refractivity contribution in [2.24, 2.45) is 0 Å². The Kier molecular flexibility index (Phi) is 4.35. The first kappa shape index (κ1) is 11.5. The number of hydrogen-bond donors (Lipinski definition) is 2. The van der Waals surface area contributed by atoms with Crippen molar-refractivity contribution in [2.75, 3.05) is 26.3 Å². The van der Waals surface area contributed by atoms with Crippen LogP contribution in [0.25, 0.3) is 0 Å². The normalized spacial score (nSPS) is 26.4. The third-order valence-electron chi connectivity index (χ3n) is 2.39. The molecule has 2 N–H and O–H groups in total. The van der Waals surface area contributed by atoms with E-state index in [1.165, 1.54) is 0 Å². The van der Waals surface area contributed by atoms with Gasteiger partial charge in [-0.3, -0.25) is 4.79 Å². The molecule has 1 saturated heterocycles. The largest absolute Gasteiger partial charge is 0.372 e. The molecule has 4 heteroatoms. The Morgan fingerprint density at radius 1 is 1.64 bits per heavy atom. The van der Waals surface area contributed by atoms with Gasteiger partial charge in [0.25, 0.3) is 0 Å². The Bertz CT molecular complexity index is 189. The highest BCUT2D eigenvalue weighted by atomic mass is 16.5. The van der Waals surface area contributed by atoms with Crippen LogP contribution in [0.3, 0.4) is 0 Å². The number of nitrogens with one attached hydrogen (secondary N) is 2. The van der Waals surface area contributed by atoms with Gasteiger partial charge in [0.2, 0.25) is 5.91 Å². The summed E-state index contributed by atoms with van der Waals surface area (Å²) < 4.78 is 5.17. The zero-order chi connectivity index (χ0) is 10.4. The molecule has 1 rings (SSSR count). The van der Waals surface area contributed by atoms with E-state index in [9.17, 15) is 4.79 Å². The van der Waals surface area contributed by atoms with E-state index in [2.05, 4.69) is 17.6 Å². The fourth-order valence-electron chi connectivity index (χ4n) is 1.61. The second kappa shape index (κ2) is 5.32. The van der Waals surface area contributed by atoms with E-state index in [-0.39, 0.29) is 18.1 Å². The van der Waals surface area contributed by atoms with Gasteiger partial charge < -0.3 is 15.4 Å². The van der Waals surface area contributed by atoms with E-state index < -0.39 is 0 Å². The van der Waals surface area contributed by atoms with Crippen molar-refractivity contribution in [3.63, 3.8) is 0 Å². The van der Waals surface area contributed by atoms with Crippen molar-refractivity contribution < 1.29 is 9.53 Å². The number of ether oxygens (including phenoxy) is 1. The van der Waals surface area contributed by atoms with Crippen LogP contribution in [0.1, 0.15) is 26.7 Å². The van der Waals surface area contributed by atoms with Crippen molar-refractivity contribution in [3.05, 3.63) is 0 Å². The zero-order valence-corrected chi connectivity index (χ0v) is 9.06. The zero-order valence-electron chi connectivity index (χ0n) is 9.06. The molecule has 14 heavy (non-hydrogen) atoms. The second-order valence-electron chi connectivity index (χ2n) is 4.09. The Morgan fingerprint density at radius 2 is 2.43 bits per heavy atom. The molecule has 0 aromatic rings. The molecule has 1 amide bonds. The van der Waals surface area contributed by atoms with E-state index in [4.69, 9.17) is 4.74 Å². The maximum Gasteiger partial charge on any atom is 0.246 e. The molecule has 0 aromatic heterocycles. The lowest BCUT2D eigenvalue weighted by Crippen LogP contribution is -2.48. The molecule has 1 atom stereocenters. The maximum atomic E-state index is 11.4. The van der Waals surface area contributed by atoms with Crippen LogP contribution in [-0.4, -0.2) is 37.7 Å². The maximum absolute atomic E-state index is 11.4. The molecular formula is C10H20N2O2. The summed E-state index contributed by atoms with van der Waals surface area (Å²) in [6.07, 6.45) is 1.94. The summed E-state index contributed by atoms with van der Waals surface area (Å²) in [4.78, 5) is 11.4. The van der Waals surface area contributed by atoms with Crippen LogP contribution in [0.4, 0.5) is 0 Å². The third kappa shape index (κ3) is 3.64. The highest BCUT2D eigenvalue weighted by Crippen LogP contribution is 2.12. The number of rotatable bonds is 5. The molecule has 0 aliphatic carbocycles. The molecule has 82 valence electrons. The lowest BCUT2D eigenvalue weighted by molar-refractivity contribution is -0.127. The average molecular weight is 200 g/mol. The Morgan fingerprint density at radius 3 is 3.00 bits per heavy atom. The van der Waals surface area contributed by atoms with E-state index >= 15 is 0 Å². The lowest BCUT2D eigenvalue weighted by atomic mass is 10.0. The predicted molar refractivity (Wildman–Crippen MR) is 55.1 cm³/mol. The average Bonchev–Trinajstić information content (AvgIpc) is 2.52. The fourth-order valence-corrected chi connectivity index (χ4v) is 1.61. The van der Waals surface area contributed by atoms with Crippen LogP contribution in [-0.2, 0) is 9.53 Å². The van der Waals surface area contributed by atoms with Gasteiger partial charge in [-0.05, 0) is 26.3 Å². The summed E-state index contributed by atoms with van der Waals surface area (Å²) in [5.74, 6) is -0.00958. The standard InChI is InChI=1S/C10H20N2O2/c1-3-6-14-7-9(13)12-10(2)4-5-11-8-10/h11H,3-8H2,1-2H3,(H,12,13). The first-order chi connectivity index (χ1) is 6.66. The van der Waals surface area contributed by atoms with Gasteiger partial charge in [-0.15, -0.1) is 0 Å². The SMILES string of the molecule is CCCOCC(=O)NC1(C)CCNC1. The number of carbonyl (C=O) groups excluding carboxylic acids is 1. The van der Waals surface area contributed by atoms with Gasteiger partial charge in [0.05, 0.1) is 5.54 Å². The minimum Gasteiger partial charge on any atom is -0.372 e. The molecule has 1 aliphatic rings. The van der Waals surface area contributed by atoms with Gasteiger partial charge >= 0.3 is 0 Å². The molecule has 0 saturated carbocycles. The van der Waals surface area contributed by atoms with Crippen LogP contribution in [0.2, 0.25) is 0 Å². The minimum atomic E-state index is -0.0767. The van der Waals surface area contributed by atoms with E-state index in [1.807, 2.05) is 6.92 Å². The van der Waals surface area contributed by atoms with Crippen molar-refractivity contribution >= 4 is 5.91 Å². The molecule has 0 bridgehead atoms. The van der Waals surface area contributed by atoms with Gasteiger partial charge in [0.15, 0.2) is 0 Å². The molecule has 4 nitrogen and oxygen atoms in total. The fraction of sp³-hybridized carbons (Fsp3) is 0.900. The van der Waals surface area contributed by atoms with Crippen molar-refractivity contribution in [3.8, 4) is 0 Å². The summed E-state index contributed by atoms with van der Waals surface area (Å²) in [7, 11) is 0. The van der Waals surface area contributed by atoms with Crippen LogP contribution in [0.15, 0.2) is 0 Å². The summed E-state index contributed by atoms with van der Waals surface area (Å²) in [6, 6.07) is 0. The molecule has 1 aliphatic heterocycles. The first-order valence-electron chi connectivity index (χ1n) is 5.26. The van der Waals surface area contributed by atoms with Gasteiger partial charge in [0, 0.05) is 13.2 Å². The predicted octanol–water partition coefficient (Wildman–Crippen LogP) is 0.281. The van der Waals surface area contributed by atoms with Crippen LogP contribution in [0, 0.1) is 0 Å². The van der Waals surface area contributed by atoms with Gasteiger partial charge in [-0.25, -0.2) is 0 Å². The van der Waals surface area contributed by atoms with E-state index in [0.29, 0.717) is 6.61 Å². The molecule has 1 fully saturated rings. The highest BCUT2D eigenvalue weighted by molar-refractivity contribution is 5.78. The van der Waals surface area contributed by atoms with Gasteiger partial charge in [0.1, 0.15) is 6.61 Å². The minimum absolute atomic E-state index is 0.00958. The summed E-state index contributed by atoms with van der Waals surface area (Å²) in [5, 5.41) is 6.22. The number of amides is 1. The summed E-state index contributed by atoms with van der Waals surface area (Å²) >= 11 is 0. The van der Waals surface area contributed by atoms with Crippen LogP contribution >= 0.6 is 0 Å². The van der Waals surface area contributed by atoms with Crippen molar-refractivity contribution in [1.82, 2.24) is 10.6 Å². The molecule has 1 heterocycles. The van der Waals surface area contributed by atoms with E-state index in [0.717, 1.165) is 25.9 Å². The molecular weight excluding hydrogens is 180 g/mol. The van der Waals surface area contributed by atoms with Crippen molar-refractivity contribution in [2.45, 2.75) is 32.2 Å². The highest BCUT2D eigenvalue weighted by Gasteiger charge is 2.29. The third-order valence-corrected chi connectivity index (χ3v) is 2.39. The van der Waals surface area contributed by atoms with Gasteiger partial charge in [-0.2, -0.15) is 0 Å². The molecule has 0 spiro atoms. The first-order valence-corrected chi connectivity index (χ1v) is 5.26. The molecule has 0 aromatic carbocycles. The Hall–Kier alpha value is -0.610. The molecule has 0 radical (unpaired) electrons. The smallest absolute Gasteiger partial charge is 0.246 e. The molecule has 1 unspecified atom stereocenters. The van der Waals surface area contributed by atoms with Crippen molar-refractivity contribution in [1.29, 1.82) is 0 Å². The van der Waals surface area contributed by atoms with Gasteiger partial charge in [-0.1, -0.05) is 6.92 Å². The van der Waals surface area contributed by atoms with E-state index in [1.54, 1.807) is 0 Å². The monoisotopic (exact) mass is 200 g/mol. The quantitative estimate of drug-likeness (QED) is 0.627.